The van der Waals surface area contributed by atoms with Gasteiger partial charge in [-0.05, 0) is 31.7 Å². The standard InChI is InChI=1S/C11H23NOS/c1-2-10-6-3-4-7-11(10)14(13)9-5-8-12/h10-11H,2-9,12H2,1H3. The average molecular weight is 217 g/mol. The molecule has 0 saturated heterocycles. The molecule has 1 saturated carbocycles. The summed E-state index contributed by atoms with van der Waals surface area (Å²) in [7, 11) is -0.616. The van der Waals surface area contributed by atoms with Crippen LogP contribution in [0.3, 0.4) is 0 Å². The Morgan fingerprint density at radius 2 is 2.07 bits per heavy atom. The molecule has 1 fully saturated rings. The van der Waals surface area contributed by atoms with E-state index < -0.39 is 10.8 Å². The first kappa shape index (κ1) is 12.2. The van der Waals surface area contributed by atoms with Crippen LogP contribution in [-0.4, -0.2) is 21.8 Å². The zero-order chi connectivity index (χ0) is 10.4. The minimum Gasteiger partial charge on any atom is -0.330 e. The van der Waals surface area contributed by atoms with Crippen LogP contribution in [0, 0.1) is 5.92 Å². The van der Waals surface area contributed by atoms with Crippen molar-refractivity contribution in [1.82, 2.24) is 0 Å². The van der Waals surface area contributed by atoms with Gasteiger partial charge >= 0.3 is 0 Å². The summed E-state index contributed by atoms with van der Waals surface area (Å²) in [6, 6.07) is 0. The first-order chi connectivity index (χ1) is 6.79. The van der Waals surface area contributed by atoms with E-state index in [2.05, 4.69) is 6.92 Å². The second-order valence-corrected chi connectivity index (χ2v) is 5.99. The van der Waals surface area contributed by atoms with Crippen LogP contribution < -0.4 is 5.73 Å². The number of rotatable bonds is 5. The van der Waals surface area contributed by atoms with Gasteiger partial charge in [0.15, 0.2) is 0 Å². The van der Waals surface area contributed by atoms with Crippen LogP contribution >= 0.6 is 0 Å². The highest BCUT2D eigenvalue weighted by atomic mass is 32.2. The molecule has 84 valence electrons. The van der Waals surface area contributed by atoms with Crippen molar-refractivity contribution in [3.05, 3.63) is 0 Å². The first-order valence-electron chi connectivity index (χ1n) is 5.86. The Morgan fingerprint density at radius 1 is 1.36 bits per heavy atom. The van der Waals surface area contributed by atoms with Crippen LogP contribution in [-0.2, 0) is 10.8 Å². The number of hydrogen-bond acceptors (Lipinski definition) is 2. The van der Waals surface area contributed by atoms with Gasteiger partial charge in [0.05, 0.1) is 0 Å². The van der Waals surface area contributed by atoms with Gasteiger partial charge in [-0.1, -0.05) is 26.2 Å². The van der Waals surface area contributed by atoms with E-state index in [1.54, 1.807) is 0 Å². The van der Waals surface area contributed by atoms with E-state index >= 15 is 0 Å². The van der Waals surface area contributed by atoms with Crippen molar-refractivity contribution in [2.45, 2.75) is 50.7 Å². The van der Waals surface area contributed by atoms with Crippen molar-refractivity contribution in [2.24, 2.45) is 11.7 Å². The molecule has 0 bridgehead atoms. The van der Waals surface area contributed by atoms with Crippen LogP contribution in [0.1, 0.15) is 45.4 Å². The second-order valence-electron chi connectivity index (χ2n) is 4.22. The van der Waals surface area contributed by atoms with E-state index in [4.69, 9.17) is 5.73 Å². The summed E-state index contributed by atoms with van der Waals surface area (Å²) in [4.78, 5) is 0. The maximum atomic E-state index is 12.0. The molecule has 1 aliphatic carbocycles. The third-order valence-electron chi connectivity index (χ3n) is 3.25. The monoisotopic (exact) mass is 217 g/mol. The molecule has 0 heterocycles. The number of hydrogen-bond donors (Lipinski definition) is 1. The van der Waals surface area contributed by atoms with Gasteiger partial charge in [0.25, 0.3) is 0 Å². The molecule has 2 nitrogen and oxygen atoms in total. The quantitative estimate of drug-likeness (QED) is 0.766. The molecule has 0 amide bonds. The molecule has 3 atom stereocenters. The molecule has 1 aliphatic rings. The lowest BCUT2D eigenvalue weighted by molar-refractivity contribution is 0.355. The lowest BCUT2D eigenvalue weighted by Gasteiger charge is -2.30. The fraction of sp³-hybridized carbons (Fsp3) is 1.00. The molecule has 0 radical (unpaired) electrons. The first-order valence-corrected chi connectivity index (χ1v) is 7.25. The smallest absolute Gasteiger partial charge is 0.0376 e. The molecule has 14 heavy (non-hydrogen) atoms. The Labute approximate surface area is 90.1 Å². The molecule has 0 spiro atoms. The Morgan fingerprint density at radius 3 is 2.71 bits per heavy atom. The minimum absolute atomic E-state index is 0.472. The van der Waals surface area contributed by atoms with Gasteiger partial charge in [-0.15, -0.1) is 0 Å². The summed E-state index contributed by atoms with van der Waals surface area (Å²) in [6.07, 6.45) is 7.18. The zero-order valence-corrected chi connectivity index (χ0v) is 10.0. The van der Waals surface area contributed by atoms with Gasteiger partial charge < -0.3 is 5.73 Å². The Kier molecular flexibility index (Phi) is 5.71. The van der Waals surface area contributed by atoms with E-state index in [1.165, 1.54) is 32.1 Å². The lowest BCUT2D eigenvalue weighted by Crippen LogP contribution is -2.30. The van der Waals surface area contributed by atoms with Crippen molar-refractivity contribution in [1.29, 1.82) is 0 Å². The van der Waals surface area contributed by atoms with Crippen molar-refractivity contribution in [3.63, 3.8) is 0 Å². The maximum Gasteiger partial charge on any atom is 0.0376 e. The Hall–Kier alpha value is 0.110. The molecule has 0 aromatic carbocycles. The van der Waals surface area contributed by atoms with E-state index in [1.807, 2.05) is 0 Å². The topological polar surface area (TPSA) is 43.1 Å². The summed E-state index contributed by atoms with van der Waals surface area (Å²) in [6.45, 7) is 2.90. The van der Waals surface area contributed by atoms with E-state index in [9.17, 15) is 4.21 Å². The van der Waals surface area contributed by atoms with E-state index in [0.717, 1.165) is 12.2 Å². The largest absolute Gasteiger partial charge is 0.330 e. The molecule has 0 aromatic rings. The predicted molar refractivity (Wildman–Crippen MR) is 62.7 cm³/mol. The van der Waals surface area contributed by atoms with Gasteiger partial charge in [-0.3, -0.25) is 4.21 Å². The molecule has 3 heteroatoms. The maximum absolute atomic E-state index is 12.0. The van der Waals surface area contributed by atoms with Gasteiger partial charge in [0.1, 0.15) is 0 Å². The van der Waals surface area contributed by atoms with Crippen LogP contribution in [0.15, 0.2) is 0 Å². The van der Waals surface area contributed by atoms with Crippen LogP contribution in [0.25, 0.3) is 0 Å². The molecule has 1 rings (SSSR count). The lowest BCUT2D eigenvalue weighted by atomic mass is 9.87. The zero-order valence-electron chi connectivity index (χ0n) is 9.21. The van der Waals surface area contributed by atoms with Gasteiger partial charge in [-0.2, -0.15) is 0 Å². The highest BCUT2D eigenvalue weighted by Crippen LogP contribution is 2.30. The summed E-state index contributed by atoms with van der Waals surface area (Å²) in [5.41, 5.74) is 5.44. The fourth-order valence-corrected chi connectivity index (χ4v) is 4.31. The second kappa shape index (κ2) is 6.57. The third kappa shape index (κ3) is 3.35. The summed E-state index contributed by atoms with van der Waals surface area (Å²) >= 11 is 0. The highest BCUT2D eigenvalue weighted by molar-refractivity contribution is 7.85. The minimum atomic E-state index is -0.616. The average Bonchev–Trinajstić information content (AvgIpc) is 2.25. The van der Waals surface area contributed by atoms with Crippen molar-refractivity contribution in [3.8, 4) is 0 Å². The van der Waals surface area contributed by atoms with Crippen LogP contribution in [0.5, 0.6) is 0 Å². The number of nitrogens with two attached hydrogens (primary N) is 1. The fourth-order valence-electron chi connectivity index (χ4n) is 2.36. The molecule has 2 N–H and O–H groups in total. The molecular formula is C11H23NOS. The van der Waals surface area contributed by atoms with Gasteiger partial charge in [0.2, 0.25) is 0 Å². The van der Waals surface area contributed by atoms with E-state index in [-0.39, 0.29) is 0 Å². The Balaban J connectivity index is 2.41. The van der Waals surface area contributed by atoms with Gasteiger partial charge in [-0.25, -0.2) is 0 Å². The highest BCUT2D eigenvalue weighted by Gasteiger charge is 2.27. The SMILES string of the molecule is CCC1CCCCC1S(=O)CCCN. The molecule has 3 unspecified atom stereocenters. The van der Waals surface area contributed by atoms with Crippen molar-refractivity contribution in [2.75, 3.05) is 12.3 Å². The summed E-state index contributed by atoms with van der Waals surface area (Å²) in [5, 5.41) is 0.472. The van der Waals surface area contributed by atoms with E-state index in [0.29, 0.717) is 17.7 Å². The summed E-state index contributed by atoms with van der Waals surface area (Å²) in [5.74, 6) is 1.53. The predicted octanol–water partition coefficient (Wildman–Crippen LogP) is 2.05. The van der Waals surface area contributed by atoms with Crippen LogP contribution in [0.4, 0.5) is 0 Å². The van der Waals surface area contributed by atoms with Crippen molar-refractivity contribution < 1.29 is 4.21 Å². The summed E-state index contributed by atoms with van der Waals surface area (Å²) < 4.78 is 12.0. The van der Waals surface area contributed by atoms with Crippen LogP contribution in [0.2, 0.25) is 0 Å². The molecule has 0 aromatic heterocycles. The third-order valence-corrected chi connectivity index (χ3v) is 5.24. The molecular weight excluding hydrogens is 194 g/mol. The van der Waals surface area contributed by atoms with Crippen molar-refractivity contribution >= 4 is 10.8 Å². The molecule has 0 aliphatic heterocycles. The normalized spacial score (nSPS) is 30.1. The van der Waals surface area contributed by atoms with Gasteiger partial charge in [0, 0.05) is 21.8 Å². The Bertz CT molecular complexity index is 184.